The van der Waals surface area contributed by atoms with Gasteiger partial charge in [0.1, 0.15) is 5.82 Å². The predicted molar refractivity (Wildman–Crippen MR) is 107 cm³/mol. The van der Waals surface area contributed by atoms with Crippen LogP contribution in [0, 0.1) is 6.92 Å². The minimum Gasteiger partial charge on any atom is -0.384 e. The molecule has 134 valence electrons. The Kier molecular flexibility index (Phi) is 4.08. The maximum absolute atomic E-state index is 11.3. The Bertz CT molecular complexity index is 1150. The normalized spacial score (nSPS) is 10.9. The molecule has 0 fully saturated rings. The third-order valence-corrected chi connectivity index (χ3v) is 4.37. The van der Waals surface area contributed by atoms with Crippen molar-refractivity contribution < 1.29 is 4.79 Å². The average molecular weight is 357 g/mol. The molecule has 0 aliphatic rings. The number of rotatable bonds is 3. The number of carbonyl (C=O) groups excluding carboxylic acids is 1. The molecule has 2 heterocycles. The fourth-order valence-electron chi connectivity index (χ4n) is 3.06. The minimum atomic E-state index is -0.0894. The van der Waals surface area contributed by atoms with Crippen molar-refractivity contribution in [1.29, 1.82) is 0 Å². The van der Waals surface area contributed by atoms with Gasteiger partial charge in [-0.3, -0.25) is 4.79 Å². The van der Waals surface area contributed by atoms with E-state index in [1.807, 2.05) is 67.6 Å². The van der Waals surface area contributed by atoms with Gasteiger partial charge in [0.15, 0.2) is 11.5 Å². The molecule has 0 atom stereocenters. The molecule has 3 N–H and O–H groups in total. The fraction of sp³-hybridized carbons (Fsp3) is 0.0952. The van der Waals surface area contributed by atoms with Crippen LogP contribution < -0.4 is 11.1 Å². The van der Waals surface area contributed by atoms with Crippen molar-refractivity contribution >= 4 is 23.1 Å². The number of anilines is 2. The van der Waals surface area contributed by atoms with E-state index in [4.69, 9.17) is 5.73 Å². The van der Waals surface area contributed by atoms with E-state index in [9.17, 15) is 4.79 Å². The van der Waals surface area contributed by atoms with Crippen LogP contribution in [0.3, 0.4) is 0 Å². The number of amides is 1. The van der Waals surface area contributed by atoms with Crippen LogP contribution in [-0.4, -0.2) is 20.5 Å². The molecular weight excluding hydrogens is 338 g/mol. The van der Waals surface area contributed by atoms with Crippen LogP contribution in [0.2, 0.25) is 0 Å². The van der Waals surface area contributed by atoms with Gasteiger partial charge >= 0.3 is 0 Å². The fourth-order valence-corrected chi connectivity index (χ4v) is 3.06. The summed E-state index contributed by atoms with van der Waals surface area (Å²) in [6, 6.07) is 19.5. The molecule has 0 radical (unpaired) electrons. The first-order chi connectivity index (χ1) is 13.0. The van der Waals surface area contributed by atoms with Crippen LogP contribution in [0.15, 0.2) is 60.7 Å². The van der Waals surface area contributed by atoms with E-state index in [2.05, 4.69) is 15.4 Å². The SMILES string of the molecule is CC(=O)Nc1ccc(-c2cc(N)n3nc(-c4ccccc4)nc3c2)cc1C. The average Bonchev–Trinajstić information content (AvgIpc) is 3.09. The number of nitrogen functional groups attached to an aromatic ring is 1. The first kappa shape index (κ1) is 16.8. The van der Waals surface area contributed by atoms with E-state index >= 15 is 0 Å². The van der Waals surface area contributed by atoms with Crippen LogP contribution in [0.25, 0.3) is 28.2 Å². The number of carbonyl (C=O) groups is 1. The summed E-state index contributed by atoms with van der Waals surface area (Å²) in [4.78, 5) is 15.9. The van der Waals surface area contributed by atoms with Gasteiger partial charge in [0.2, 0.25) is 5.91 Å². The van der Waals surface area contributed by atoms with Crippen molar-refractivity contribution in [3.8, 4) is 22.5 Å². The Hall–Kier alpha value is -3.67. The summed E-state index contributed by atoms with van der Waals surface area (Å²) in [6.45, 7) is 3.46. The molecular formula is C21H19N5O. The lowest BCUT2D eigenvalue weighted by molar-refractivity contribution is -0.114. The molecule has 4 rings (SSSR count). The lowest BCUT2D eigenvalue weighted by atomic mass is 10.0. The molecule has 2 aromatic carbocycles. The molecule has 0 saturated carbocycles. The lowest BCUT2D eigenvalue weighted by Crippen LogP contribution is -2.07. The number of nitrogens with one attached hydrogen (secondary N) is 1. The highest BCUT2D eigenvalue weighted by molar-refractivity contribution is 5.90. The van der Waals surface area contributed by atoms with E-state index in [1.165, 1.54) is 6.92 Å². The molecule has 0 saturated heterocycles. The predicted octanol–water partition coefficient (Wildman–Crippen LogP) is 3.91. The van der Waals surface area contributed by atoms with E-state index in [-0.39, 0.29) is 5.91 Å². The zero-order valence-electron chi connectivity index (χ0n) is 15.1. The van der Waals surface area contributed by atoms with E-state index in [0.717, 1.165) is 27.9 Å². The number of aromatic nitrogens is 3. The molecule has 0 aliphatic carbocycles. The van der Waals surface area contributed by atoms with Gasteiger partial charge in [0, 0.05) is 18.2 Å². The zero-order chi connectivity index (χ0) is 19.0. The van der Waals surface area contributed by atoms with Crippen molar-refractivity contribution in [1.82, 2.24) is 14.6 Å². The van der Waals surface area contributed by atoms with Crippen molar-refractivity contribution in [3.05, 3.63) is 66.2 Å². The maximum atomic E-state index is 11.3. The van der Waals surface area contributed by atoms with E-state index in [0.29, 0.717) is 17.3 Å². The van der Waals surface area contributed by atoms with Crippen LogP contribution in [-0.2, 0) is 4.79 Å². The second-order valence-electron chi connectivity index (χ2n) is 6.45. The van der Waals surface area contributed by atoms with Gasteiger partial charge in [-0.25, -0.2) is 4.98 Å². The van der Waals surface area contributed by atoms with E-state index < -0.39 is 0 Å². The quantitative estimate of drug-likeness (QED) is 0.582. The topological polar surface area (TPSA) is 85.3 Å². The van der Waals surface area contributed by atoms with Crippen molar-refractivity contribution in [2.45, 2.75) is 13.8 Å². The van der Waals surface area contributed by atoms with Gasteiger partial charge in [-0.1, -0.05) is 36.4 Å². The maximum Gasteiger partial charge on any atom is 0.221 e. The number of hydrogen-bond donors (Lipinski definition) is 2. The summed E-state index contributed by atoms with van der Waals surface area (Å²) in [6.07, 6.45) is 0. The molecule has 27 heavy (non-hydrogen) atoms. The third-order valence-electron chi connectivity index (χ3n) is 4.37. The number of pyridine rings is 1. The molecule has 0 unspecified atom stereocenters. The molecule has 6 nitrogen and oxygen atoms in total. The highest BCUT2D eigenvalue weighted by atomic mass is 16.1. The van der Waals surface area contributed by atoms with Crippen LogP contribution in [0.5, 0.6) is 0 Å². The van der Waals surface area contributed by atoms with Crippen molar-refractivity contribution in [3.63, 3.8) is 0 Å². The molecule has 0 spiro atoms. The minimum absolute atomic E-state index is 0.0894. The van der Waals surface area contributed by atoms with Gasteiger partial charge in [-0.15, -0.1) is 5.10 Å². The summed E-state index contributed by atoms with van der Waals surface area (Å²) in [5.41, 5.74) is 11.6. The summed E-state index contributed by atoms with van der Waals surface area (Å²) in [5, 5.41) is 7.34. The molecule has 0 aliphatic heterocycles. The Labute approximate surface area is 156 Å². The Morgan fingerprint density at radius 3 is 2.48 bits per heavy atom. The number of nitrogens with two attached hydrogens (primary N) is 1. The van der Waals surface area contributed by atoms with Gasteiger partial charge < -0.3 is 11.1 Å². The molecule has 2 aromatic heterocycles. The highest BCUT2D eigenvalue weighted by Gasteiger charge is 2.11. The van der Waals surface area contributed by atoms with Crippen LogP contribution in [0.4, 0.5) is 11.5 Å². The highest BCUT2D eigenvalue weighted by Crippen LogP contribution is 2.28. The van der Waals surface area contributed by atoms with Crippen molar-refractivity contribution in [2.24, 2.45) is 0 Å². The van der Waals surface area contributed by atoms with E-state index in [1.54, 1.807) is 4.52 Å². The Morgan fingerprint density at radius 2 is 1.78 bits per heavy atom. The van der Waals surface area contributed by atoms with Gasteiger partial charge in [-0.05, 0) is 47.9 Å². The molecule has 6 heteroatoms. The number of fused-ring (bicyclic) bond motifs is 1. The Morgan fingerprint density at radius 1 is 1.00 bits per heavy atom. The molecule has 1 amide bonds. The number of aryl methyl sites for hydroxylation is 1. The van der Waals surface area contributed by atoms with Crippen LogP contribution in [0.1, 0.15) is 12.5 Å². The molecule has 0 bridgehead atoms. The summed E-state index contributed by atoms with van der Waals surface area (Å²) in [5.74, 6) is 1.06. The third kappa shape index (κ3) is 3.25. The monoisotopic (exact) mass is 357 g/mol. The Balaban J connectivity index is 1.77. The van der Waals surface area contributed by atoms with Gasteiger partial charge in [0.25, 0.3) is 0 Å². The smallest absolute Gasteiger partial charge is 0.221 e. The number of nitrogens with zero attached hydrogens (tertiary/aromatic N) is 3. The zero-order valence-corrected chi connectivity index (χ0v) is 15.1. The summed E-state index contributed by atoms with van der Waals surface area (Å²) >= 11 is 0. The second kappa shape index (κ2) is 6.57. The lowest BCUT2D eigenvalue weighted by Gasteiger charge is -2.10. The largest absolute Gasteiger partial charge is 0.384 e. The second-order valence-corrected chi connectivity index (χ2v) is 6.45. The summed E-state index contributed by atoms with van der Waals surface area (Å²) < 4.78 is 1.64. The van der Waals surface area contributed by atoms with Gasteiger partial charge in [-0.2, -0.15) is 4.52 Å². The summed E-state index contributed by atoms with van der Waals surface area (Å²) in [7, 11) is 0. The van der Waals surface area contributed by atoms with Gasteiger partial charge in [0.05, 0.1) is 0 Å². The van der Waals surface area contributed by atoms with Crippen LogP contribution >= 0.6 is 0 Å². The standard InChI is InChI=1S/C21H19N5O/c1-13-10-16(8-9-18(13)23-14(2)27)17-11-19(22)26-20(12-17)24-21(25-26)15-6-4-3-5-7-15/h3-12H,22H2,1-2H3,(H,23,27). The number of hydrogen-bond acceptors (Lipinski definition) is 4. The molecule has 4 aromatic rings. The first-order valence-electron chi connectivity index (χ1n) is 8.61. The van der Waals surface area contributed by atoms with Crippen molar-refractivity contribution in [2.75, 3.05) is 11.1 Å². The first-order valence-corrected chi connectivity index (χ1v) is 8.61. The number of benzene rings is 2.